The summed E-state index contributed by atoms with van der Waals surface area (Å²) in [6.45, 7) is 3.18. The number of nitrogens with zero attached hydrogens (tertiary/aromatic N) is 1. The fourth-order valence-electron chi connectivity index (χ4n) is 0.749. The highest BCUT2D eigenvalue weighted by atomic mass is 16.3. The molecule has 0 aliphatic rings. The maximum Gasteiger partial charge on any atom is 0.117 e. The molecular formula is C7H18N2O2. The lowest BCUT2D eigenvalue weighted by Crippen LogP contribution is -2.51. The number of hydrogen-bond donors (Lipinski definition) is 3. The van der Waals surface area contributed by atoms with E-state index < -0.39 is 12.0 Å². The average Bonchev–Trinajstić information content (AvgIpc) is 1.82. The SMILES string of the molecule is CC(C(O)N(C)C)C(C)(N)O. The molecule has 0 saturated carbocycles. The zero-order chi connectivity index (χ0) is 9.23. The summed E-state index contributed by atoms with van der Waals surface area (Å²) in [4.78, 5) is 1.60. The molecule has 4 nitrogen and oxygen atoms in total. The van der Waals surface area contributed by atoms with Gasteiger partial charge in [-0.15, -0.1) is 0 Å². The van der Waals surface area contributed by atoms with Crippen LogP contribution in [0.15, 0.2) is 0 Å². The topological polar surface area (TPSA) is 69.7 Å². The summed E-state index contributed by atoms with van der Waals surface area (Å²) in [5.41, 5.74) is 4.06. The van der Waals surface area contributed by atoms with Crippen LogP contribution in [-0.2, 0) is 0 Å². The van der Waals surface area contributed by atoms with Gasteiger partial charge in [-0.3, -0.25) is 4.90 Å². The summed E-state index contributed by atoms with van der Waals surface area (Å²) in [5, 5.41) is 18.7. The van der Waals surface area contributed by atoms with Gasteiger partial charge in [-0.05, 0) is 21.0 Å². The van der Waals surface area contributed by atoms with E-state index in [0.29, 0.717) is 0 Å². The first-order valence-electron chi connectivity index (χ1n) is 3.62. The van der Waals surface area contributed by atoms with E-state index in [4.69, 9.17) is 5.73 Å². The van der Waals surface area contributed by atoms with Crippen LogP contribution in [0.1, 0.15) is 13.8 Å². The molecule has 11 heavy (non-hydrogen) atoms. The zero-order valence-corrected chi connectivity index (χ0v) is 7.57. The Balaban J connectivity index is 4.13. The molecule has 0 radical (unpaired) electrons. The zero-order valence-electron chi connectivity index (χ0n) is 7.57. The Morgan fingerprint density at radius 1 is 1.45 bits per heavy atom. The molecule has 0 amide bonds. The highest BCUT2D eigenvalue weighted by Crippen LogP contribution is 2.15. The van der Waals surface area contributed by atoms with E-state index in [2.05, 4.69) is 0 Å². The minimum Gasteiger partial charge on any atom is -0.378 e. The Morgan fingerprint density at radius 3 is 1.91 bits per heavy atom. The smallest absolute Gasteiger partial charge is 0.117 e. The van der Waals surface area contributed by atoms with Gasteiger partial charge in [0, 0.05) is 5.92 Å². The molecule has 0 aromatic heterocycles. The summed E-state index contributed by atoms with van der Waals surface area (Å²) in [5.74, 6) is -0.377. The Bertz CT molecular complexity index is 120. The quantitative estimate of drug-likeness (QED) is 0.474. The molecule has 68 valence electrons. The highest BCUT2D eigenvalue weighted by molar-refractivity contribution is 4.76. The van der Waals surface area contributed by atoms with Gasteiger partial charge in [0.05, 0.1) is 0 Å². The van der Waals surface area contributed by atoms with Crippen molar-refractivity contribution in [2.24, 2.45) is 11.7 Å². The van der Waals surface area contributed by atoms with E-state index in [1.54, 1.807) is 25.9 Å². The van der Waals surface area contributed by atoms with Crippen molar-refractivity contribution in [3.63, 3.8) is 0 Å². The maximum absolute atomic E-state index is 9.42. The van der Waals surface area contributed by atoms with Crippen LogP contribution in [-0.4, -0.2) is 41.2 Å². The third kappa shape index (κ3) is 3.16. The molecule has 4 N–H and O–H groups in total. The molecule has 0 heterocycles. The highest BCUT2D eigenvalue weighted by Gasteiger charge is 2.30. The lowest BCUT2D eigenvalue weighted by atomic mass is 9.98. The predicted octanol–water partition coefficient (Wildman–Crippen LogP) is -0.830. The van der Waals surface area contributed by atoms with Crippen molar-refractivity contribution >= 4 is 0 Å². The summed E-state index contributed by atoms with van der Waals surface area (Å²) in [7, 11) is 3.46. The second-order valence-corrected chi connectivity index (χ2v) is 3.39. The number of hydrogen-bond acceptors (Lipinski definition) is 4. The molecular weight excluding hydrogens is 144 g/mol. The molecule has 0 bridgehead atoms. The minimum absolute atomic E-state index is 0.377. The van der Waals surface area contributed by atoms with Gasteiger partial charge in [0.1, 0.15) is 12.0 Å². The van der Waals surface area contributed by atoms with Gasteiger partial charge in [-0.2, -0.15) is 0 Å². The summed E-state index contributed by atoms with van der Waals surface area (Å²) in [6.07, 6.45) is -0.713. The van der Waals surface area contributed by atoms with E-state index in [-0.39, 0.29) is 5.92 Å². The number of nitrogens with two attached hydrogens (primary N) is 1. The predicted molar refractivity (Wildman–Crippen MR) is 43.7 cm³/mol. The molecule has 0 fully saturated rings. The first kappa shape index (κ1) is 10.8. The maximum atomic E-state index is 9.42. The van der Waals surface area contributed by atoms with Gasteiger partial charge in [-0.1, -0.05) is 6.92 Å². The third-order valence-electron chi connectivity index (χ3n) is 1.90. The monoisotopic (exact) mass is 162 g/mol. The molecule has 3 unspecified atom stereocenters. The molecule has 0 saturated heterocycles. The standard InChI is InChI=1S/C7H18N2O2/c1-5(7(2,8)11)6(10)9(3)4/h5-6,10-11H,8H2,1-4H3. The summed E-state index contributed by atoms with van der Waals surface area (Å²) < 4.78 is 0. The van der Waals surface area contributed by atoms with Crippen molar-refractivity contribution in [3.8, 4) is 0 Å². The van der Waals surface area contributed by atoms with Gasteiger partial charge in [0.2, 0.25) is 0 Å². The van der Waals surface area contributed by atoms with E-state index in [0.717, 1.165) is 0 Å². The van der Waals surface area contributed by atoms with Crippen molar-refractivity contribution in [1.82, 2.24) is 4.90 Å². The third-order valence-corrected chi connectivity index (χ3v) is 1.90. The number of aliphatic hydroxyl groups excluding tert-OH is 1. The minimum atomic E-state index is -1.33. The van der Waals surface area contributed by atoms with E-state index in [1.807, 2.05) is 0 Å². The van der Waals surface area contributed by atoms with Gasteiger partial charge in [0.15, 0.2) is 0 Å². The van der Waals surface area contributed by atoms with Crippen LogP contribution in [0.5, 0.6) is 0 Å². The Hall–Kier alpha value is -0.160. The van der Waals surface area contributed by atoms with Crippen LogP contribution in [0.25, 0.3) is 0 Å². The Morgan fingerprint density at radius 2 is 1.82 bits per heavy atom. The van der Waals surface area contributed by atoms with E-state index in [1.165, 1.54) is 6.92 Å². The van der Waals surface area contributed by atoms with Crippen LogP contribution in [0.3, 0.4) is 0 Å². The van der Waals surface area contributed by atoms with Crippen LogP contribution in [0, 0.1) is 5.92 Å². The molecule has 0 spiro atoms. The van der Waals surface area contributed by atoms with Gasteiger partial charge >= 0.3 is 0 Å². The molecule has 0 aliphatic carbocycles. The van der Waals surface area contributed by atoms with Crippen LogP contribution >= 0.6 is 0 Å². The second kappa shape index (κ2) is 3.49. The van der Waals surface area contributed by atoms with Crippen LogP contribution in [0.2, 0.25) is 0 Å². The van der Waals surface area contributed by atoms with Crippen molar-refractivity contribution in [2.45, 2.75) is 25.8 Å². The molecule has 0 rings (SSSR count). The molecule has 0 aromatic carbocycles. The van der Waals surface area contributed by atoms with E-state index >= 15 is 0 Å². The number of aliphatic hydroxyl groups is 2. The van der Waals surface area contributed by atoms with Gasteiger partial charge in [0.25, 0.3) is 0 Å². The Kier molecular flexibility index (Phi) is 3.44. The van der Waals surface area contributed by atoms with Gasteiger partial charge in [-0.25, -0.2) is 0 Å². The fraction of sp³-hybridized carbons (Fsp3) is 1.00. The van der Waals surface area contributed by atoms with E-state index in [9.17, 15) is 10.2 Å². The number of rotatable bonds is 3. The molecule has 0 aromatic rings. The normalized spacial score (nSPS) is 22.9. The van der Waals surface area contributed by atoms with Crippen molar-refractivity contribution in [3.05, 3.63) is 0 Å². The first-order valence-corrected chi connectivity index (χ1v) is 3.62. The second-order valence-electron chi connectivity index (χ2n) is 3.39. The Labute approximate surface area is 67.6 Å². The summed E-state index contributed by atoms with van der Waals surface area (Å²) in [6, 6.07) is 0. The van der Waals surface area contributed by atoms with Crippen molar-refractivity contribution in [1.29, 1.82) is 0 Å². The fourth-order valence-corrected chi connectivity index (χ4v) is 0.749. The van der Waals surface area contributed by atoms with Gasteiger partial charge < -0.3 is 15.9 Å². The lowest BCUT2D eigenvalue weighted by molar-refractivity contribution is -0.0954. The molecule has 4 heteroatoms. The molecule has 0 aliphatic heterocycles. The van der Waals surface area contributed by atoms with Crippen molar-refractivity contribution in [2.75, 3.05) is 14.1 Å². The largest absolute Gasteiger partial charge is 0.378 e. The molecule has 3 atom stereocenters. The van der Waals surface area contributed by atoms with Crippen LogP contribution in [0.4, 0.5) is 0 Å². The van der Waals surface area contributed by atoms with Crippen LogP contribution < -0.4 is 5.73 Å². The lowest BCUT2D eigenvalue weighted by Gasteiger charge is -2.33. The first-order chi connectivity index (χ1) is 4.76. The summed E-state index contributed by atoms with van der Waals surface area (Å²) >= 11 is 0. The average molecular weight is 162 g/mol. The van der Waals surface area contributed by atoms with Crippen molar-refractivity contribution < 1.29 is 10.2 Å².